The van der Waals surface area contributed by atoms with E-state index in [0.29, 0.717) is 18.6 Å². The quantitative estimate of drug-likeness (QED) is 0.923. The molecule has 2 rings (SSSR count). The van der Waals surface area contributed by atoms with Crippen LogP contribution in [0.25, 0.3) is 0 Å². The number of nitrogens with zero attached hydrogens (tertiary/aromatic N) is 2. The molecule has 0 aliphatic carbocycles. The fourth-order valence-electron chi connectivity index (χ4n) is 2.95. The maximum absolute atomic E-state index is 6.02. The predicted molar refractivity (Wildman–Crippen MR) is 84.2 cm³/mol. The van der Waals surface area contributed by atoms with Gasteiger partial charge in [-0.25, -0.2) is 0 Å². The summed E-state index contributed by atoms with van der Waals surface area (Å²) in [7, 11) is 4.42. The van der Waals surface area contributed by atoms with Crippen molar-refractivity contribution in [1.29, 1.82) is 0 Å². The van der Waals surface area contributed by atoms with Gasteiger partial charge in [0.1, 0.15) is 0 Å². The zero-order valence-corrected chi connectivity index (χ0v) is 13.4. The van der Waals surface area contributed by atoms with Crippen molar-refractivity contribution in [2.45, 2.75) is 24.9 Å². The van der Waals surface area contributed by atoms with Gasteiger partial charge in [-0.15, -0.1) is 0 Å². The second-order valence-corrected chi connectivity index (χ2v) is 6.44. The first-order valence-corrected chi connectivity index (χ1v) is 7.77. The molecule has 2 atom stereocenters. The summed E-state index contributed by atoms with van der Waals surface area (Å²) >= 11 is 3.49. The van der Waals surface area contributed by atoms with Gasteiger partial charge in [-0.2, -0.15) is 0 Å². The fraction of sp³-hybridized carbons (Fsp3) is 0.600. The third kappa shape index (κ3) is 3.78. The van der Waals surface area contributed by atoms with E-state index in [1.807, 2.05) is 0 Å². The van der Waals surface area contributed by atoms with E-state index < -0.39 is 0 Å². The Kier molecular flexibility index (Phi) is 5.39. The van der Waals surface area contributed by atoms with Crippen LogP contribution in [0, 0.1) is 0 Å². The Balaban J connectivity index is 2.09. The number of rotatable bonds is 4. The van der Waals surface area contributed by atoms with Gasteiger partial charge in [-0.1, -0.05) is 28.1 Å². The van der Waals surface area contributed by atoms with E-state index in [1.54, 1.807) is 0 Å². The highest BCUT2D eigenvalue weighted by Gasteiger charge is 2.26. The number of benzene rings is 1. The summed E-state index contributed by atoms with van der Waals surface area (Å²) < 4.78 is 1.12. The molecule has 0 spiro atoms. The predicted octanol–water partition coefficient (Wildman–Crippen LogP) is 2.47. The maximum atomic E-state index is 6.02. The number of hydrogen-bond donors (Lipinski definition) is 1. The summed E-state index contributed by atoms with van der Waals surface area (Å²) in [5.74, 6) is 0. The lowest BCUT2D eigenvalue weighted by atomic mass is 9.99. The molecule has 0 aromatic heterocycles. The summed E-state index contributed by atoms with van der Waals surface area (Å²) in [5.41, 5.74) is 7.32. The molecular formula is C15H24BrN3. The van der Waals surface area contributed by atoms with Gasteiger partial charge in [0.15, 0.2) is 0 Å². The highest BCUT2D eigenvalue weighted by atomic mass is 79.9. The minimum Gasteiger partial charge on any atom is -0.329 e. The summed E-state index contributed by atoms with van der Waals surface area (Å²) in [6, 6.07) is 9.45. The number of likely N-dealkylation sites (tertiary alicyclic amines) is 1. The molecule has 0 bridgehead atoms. The van der Waals surface area contributed by atoms with Crippen molar-refractivity contribution in [1.82, 2.24) is 9.80 Å². The summed E-state index contributed by atoms with van der Waals surface area (Å²) in [6.07, 6.45) is 2.55. The first-order chi connectivity index (χ1) is 9.11. The molecule has 1 aliphatic heterocycles. The molecular weight excluding hydrogens is 302 g/mol. The van der Waals surface area contributed by atoms with Crippen LogP contribution in [0.15, 0.2) is 28.7 Å². The minimum atomic E-state index is 0.310. The van der Waals surface area contributed by atoms with E-state index >= 15 is 0 Å². The van der Waals surface area contributed by atoms with Crippen LogP contribution >= 0.6 is 15.9 Å². The summed E-state index contributed by atoms with van der Waals surface area (Å²) in [5, 5.41) is 0. The van der Waals surface area contributed by atoms with Crippen molar-refractivity contribution in [2.75, 3.05) is 33.7 Å². The van der Waals surface area contributed by atoms with Crippen LogP contribution in [-0.4, -0.2) is 49.6 Å². The number of nitrogens with two attached hydrogens (primary N) is 1. The van der Waals surface area contributed by atoms with Gasteiger partial charge >= 0.3 is 0 Å². The normalized spacial score (nSPS) is 22.7. The lowest BCUT2D eigenvalue weighted by molar-refractivity contribution is 0.101. The monoisotopic (exact) mass is 325 g/mol. The molecule has 1 heterocycles. The summed E-state index contributed by atoms with van der Waals surface area (Å²) in [6.45, 7) is 3.03. The number of hydrogen-bond acceptors (Lipinski definition) is 3. The van der Waals surface area contributed by atoms with Crippen molar-refractivity contribution < 1.29 is 0 Å². The molecule has 0 radical (unpaired) electrons. The molecule has 0 amide bonds. The molecule has 3 nitrogen and oxygen atoms in total. The van der Waals surface area contributed by atoms with Crippen LogP contribution in [-0.2, 0) is 0 Å². The van der Waals surface area contributed by atoms with E-state index in [0.717, 1.165) is 11.0 Å². The smallest absolute Gasteiger partial charge is 0.0470 e. The molecule has 19 heavy (non-hydrogen) atoms. The molecule has 0 saturated carbocycles. The highest BCUT2D eigenvalue weighted by molar-refractivity contribution is 9.10. The standard InChI is InChI=1S/C15H24BrN3/c1-18-9-3-4-14(11-18)19(2)15(10-17)12-5-7-13(16)8-6-12/h5-8,14-15H,3-4,9-11,17H2,1-2H3. The van der Waals surface area contributed by atoms with Gasteiger partial charge in [0, 0.05) is 29.6 Å². The molecule has 4 heteroatoms. The van der Waals surface area contributed by atoms with Gasteiger partial charge in [0.05, 0.1) is 0 Å². The van der Waals surface area contributed by atoms with Gasteiger partial charge < -0.3 is 10.6 Å². The van der Waals surface area contributed by atoms with Crippen molar-refractivity contribution in [2.24, 2.45) is 5.73 Å². The second kappa shape index (κ2) is 6.84. The van der Waals surface area contributed by atoms with E-state index in [-0.39, 0.29) is 0 Å². The van der Waals surface area contributed by atoms with Gasteiger partial charge in [-0.05, 0) is 51.2 Å². The average molecular weight is 326 g/mol. The van der Waals surface area contributed by atoms with Gasteiger partial charge in [-0.3, -0.25) is 4.90 Å². The maximum Gasteiger partial charge on any atom is 0.0470 e. The molecule has 1 saturated heterocycles. The zero-order valence-electron chi connectivity index (χ0n) is 11.8. The highest BCUT2D eigenvalue weighted by Crippen LogP contribution is 2.25. The lowest BCUT2D eigenvalue weighted by Gasteiger charge is -2.40. The third-order valence-electron chi connectivity index (χ3n) is 4.15. The topological polar surface area (TPSA) is 32.5 Å². The Morgan fingerprint density at radius 3 is 2.68 bits per heavy atom. The molecule has 1 aromatic carbocycles. The van der Waals surface area contributed by atoms with Crippen LogP contribution in [0.4, 0.5) is 0 Å². The Bertz CT molecular complexity index is 393. The molecule has 2 unspecified atom stereocenters. The Labute approximate surface area is 124 Å². The van der Waals surface area contributed by atoms with Gasteiger partial charge in [0.2, 0.25) is 0 Å². The SMILES string of the molecule is CN1CCCC(N(C)C(CN)c2ccc(Br)cc2)C1. The van der Waals surface area contributed by atoms with Crippen molar-refractivity contribution in [3.8, 4) is 0 Å². The zero-order chi connectivity index (χ0) is 13.8. The van der Waals surface area contributed by atoms with Crippen molar-refractivity contribution in [3.05, 3.63) is 34.3 Å². The first kappa shape index (κ1) is 15.0. The van der Waals surface area contributed by atoms with Gasteiger partial charge in [0.25, 0.3) is 0 Å². The van der Waals surface area contributed by atoms with Crippen molar-refractivity contribution in [3.63, 3.8) is 0 Å². The molecule has 1 fully saturated rings. The Morgan fingerprint density at radius 1 is 1.42 bits per heavy atom. The van der Waals surface area contributed by atoms with Crippen LogP contribution < -0.4 is 5.73 Å². The number of piperidine rings is 1. The lowest BCUT2D eigenvalue weighted by Crippen LogP contribution is -2.47. The minimum absolute atomic E-state index is 0.310. The Morgan fingerprint density at radius 2 is 2.11 bits per heavy atom. The van der Waals surface area contributed by atoms with E-state index in [1.165, 1.54) is 24.9 Å². The summed E-state index contributed by atoms with van der Waals surface area (Å²) in [4.78, 5) is 4.87. The van der Waals surface area contributed by atoms with Crippen LogP contribution in [0.2, 0.25) is 0 Å². The van der Waals surface area contributed by atoms with E-state index in [4.69, 9.17) is 5.73 Å². The van der Waals surface area contributed by atoms with Crippen LogP contribution in [0.3, 0.4) is 0 Å². The third-order valence-corrected chi connectivity index (χ3v) is 4.67. The second-order valence-electron chi connectivity index (χ2n) is 5.53. The fourth-order valence-corrected chi connectivity index (χ4v) is 3.21. The van der Waals surface area contributed by atoms with Crippen LogP contribution in [0.1, 0.15) is 24.4 Å². The largest absolute Gasteiger partial charge is 0.329 e. The molecule has 1 aliphatic rings. The van der Waals surface area contributed by atoms with E-state index in [9.17, 15) is 0 Å². The van der Waals surface area contributed by atoms with E-state index in [2.05, 4.69) is 64.1 Å². The molecule has 1 aromatic rings. The number of halogens is 1. The Hall–Kier alpha value is -0.420. The number of likely N-dealkylation sites (N-methyl/N-ethyl adjacent to an activating group) is 2. The average Bonchev–Trinajstić information content (AvgIpc) is 2.41. The van der Waals surface area contributed by atoms with Crippen LogP contribution in [0.5, 0.6) is 0 Å². The first-order valence-electron chi connectivity index (χ1n) is 6.98. The molecule has 2 N–H and O–H groups in total. The molecule has 106 valence electrons. The van der Waals surface area contributed by atoms with Crippen molar-refractivity contribution >= 4 is 15.9 Å².